The molecule has 1 aliphatic carbocycles. The van der Waals surface area contributed by atoms with E-state index < -0.39 is 18.0 Å². The van der Waals surface area contributed by atoms with E-state index in [1.165, 1.54) is 23.7 Å². The number of aryl methyl sites for hydroxylation is 1. The first-order valence-corrected chi connectivity index (χ1v) is 6.32. The van der Waals surface area contributed by atoms with Crippen molar-refractivity contribution in [3.63, 3.8) is 0 Å². The van der Waals surface area contributed by atoms with Crippen LogP contribution < -0.4 is 10.6 Å². The summed E-state index contributed by atoms with van der Waals surface area (Å²) in [5, 5.41) is 18.1. The Kier molecular flexibility index (Phi) is 4.03. The van der Waals surface area contributed by atoms with Crippen molar-refractivity contribution in [1.29, 1.82) is 0 Å². The molecule has 104 valence electrons. The van der Waals surface area contributed by atoms with Gasteiger partial charge in [0.2, 0.25) is 0 Å². The van der Waals surface area contributed by atoms with Gasteiger partial charge in [-0.05, 0) is 12.3 Å². The van der Waals surface area contributed by atoms with Gasteiger partial charge >= 0.3 is 12.0 Å². The van der Waals surface area contributed by atoms with Crippen molar-refractivity contribution >= 4 is 12.0 Å². The normalized spacial score (nSPS) is 15.8. The molecule has 1 aromatic heterocycles. The van der Waals surface area contributed by atoms with Gasteiger partial charge in [-0.25, -0.2) is 9.59 Å². The Hall–Kier alpha value is -2.05. The Balaban J connectivity index is 1.85. The van der Waals surface area contributed by atoms with Gasteiger partial charge < -0.3 is 15.7 Å². The van der Waals surface area contributed by atoms with Crippen LogP contribution in [0.3, 0.4) is 0 Å². The van der Waals surface area contributed by atoms with Crippen molar-refractivity contribution in [2.24, 2.45) is 13.0 Å². The van der Waals surface area contributed by atoms with Gasteiger partial charge in [0.15, 0.2) is 6.04 Å². The van der Waals surface area contributed by atoms with E-state index in [2.05, 4.69) is 15.7 Å². The molecule has 1 saturated carbocycles. The van der Waals surface area contributed by atoms with Crippen LogP contribution in [0.15, 0.2) is 12.4 Å². The Morgan fingerprint density at radius 1 is 1.58 bits per heavy atom. The van der Waals surface area contributed by atoms with Crippen molar-refractivity contribution in [3.8, 4) is 0 Å². The molecule has 19 heavy (non-hydrogen) atoms. The molecule has 0 saturated heterocycles. The van der Waals surface area contributed by atoms with E-state index in [0.717, 1.165) is 12.3 Å². The first kappa shape index (κ1) is 13.4. The zero-order chi connectivity index (χ0) is 13.8. The zero-order valence-electron chi connectivity index (χ0n) is 10.8. The Morgan fingerprint density at radius 3 is 2.84 bits per heavy atom. The second kappa shape index (κ2) is 5.73. The van der Waals surface area contributed by atoms with Crippen molar-refractivity contribution in [2.45, 2.75) is 25.3 Å². The number of rotatable bonds is 6. The molecule has 0 spiro atoms. The Bertz CT molecular complexity index is 467. The third kappa shape index (κ3) is 3.97. The molecule has 7 heteroatoms. The molecule has 1 unspecified atom stereocenters. The summed E-state index contributed by atoms with van der Waals surface area (Å²) < 4.78 is 1.50. The molecule has 1 heterocycles. The molecular weight excluding hydrogens is 248 g/mol. The quantitative estimate of drug-likeness (QED) is 0.704. The number of carbonyl (C=O) groups is 2. The molecule has 0 bridgehead atoms. The van der Waals surface area contributed by atoms with Crippen molar-refractivity contribution < 1.29 is 14.7 Å². The van der Waals surface area contributed by atoms with Crippen LogP contribution in [-0.2, 0) is 11.8 Å². The molecule has 0 aliphatic heterocycles. The van der Waals surface area contributed by atoms with Crippen LogP contribution in [0.5, 0.6) is 0 Å². The summed E-state index contributed by atoms with van der Waals surface area (Å²) in [6, 6.07) is -1.54. The molecule has 1 atom stereocenters. The minimum atomic E-state index is -1.11. The van der Waals surface area contributed by atoms with Crippen LogP contribution in [-0.4, -0.2) is 33.4 Å². The van der Waals surface area contributed by atoms with Crippen molar-refractivity contribution in [2.75, 3.05) is 6.54 Å². The lowest BCUT2D eigenvalue weighted by atomic mass is 10.1. The summed E-state index contributed by atoms with van der Waals surface area (Å²) in [7, 11) is 1.69. The largest absolute Gasteiger partial charge is 0.479 e. The first-order chi connectivity index (χ1) is 9.06. The molecule has 2 amide bonds. The minimum absolute atomic E-state index is 0.451. The van der Waals surface area contributed by atoms with Crippen LogP contribution in [0.4, 0.5) is 4.79 Å². The maximum atomic E-state index is 11.6. The molecule has 3 N–H and O–H groups in total. The van der Waals surface area contributed by atoms with Gasteiger partial charge in [0.25, 0.3) is 0 Å². The number of carbonyl (C=O) groups excluding carboxylic acids is 1. The molecule has 0 radical (unpaired) electrons. The van der Waals surface area contributed by atoms with Crippen LogP contribution in [0.2, 0.25) is 0 Å². The highest BCUT2D eigenvalue weighted by atomic mass is 16.4. The topological polar surface area (TPSA) is 96.2 Å². The third-order valence-electron chi connectivity index (χ3n) is 3.12. The predicted molar refractivity (Wildman–Crippen MR) is 67.5 cm³/mol. The second-order valence-corrected chi connectivity index (χ2v) is 4.85. The monoisotopic (exact) mass is 266 g/mol. The fraction of sp³-hybridized carbons (Fsp3) is 0.583. The highest BCUT2D eigenvalue weighted by Crippen LogP contribution is 2.31. The molecule has 1 aromatic rings. The van der Waals surface area contributed by atoms with E-state index in [0.29, 0.717) is 12.1 Å². The van der Waals surface area contributed by atoms with E-state index in [9.17, 15) is 9.59 Å². The standard InChI is InChI=1S/C12H18N4O3/c1-16-7-9(6-14-16)10(11(17)18)15-12(19)13-5-4-8-2-3-8/h6-8,10H,2-5H2,1H3,(H,17,18)(H2,13,15,19). The maximum absolute atomic E-state index is 11.6. The van der Waals surface area contributed by atoms with Crippen LogP contribution in [0.25, 0.3) is 0 Å². The average molecular weight is 266 g/mol. The molecule has 7 nitrogen and oxygen atoms in total. The third-order valence-corrected chi connectivity index (χ3v) is 3.12. The minimum Gasteiger partial charge on any atom is -0.479 e. The number of urea groups is 1. The lowest BCUT2D eigenvalue weighted by Gasteiger charge is -2.13. The SMILES string of the molecule is Cn1cc(C(NC(=O)NCCC2CC2)C(=O)O)cn1. The van der Waals surface area contributed by atoms with Gasteiger partial charge in [-0.2, -0.15) is 5.10 Å². The van der Waals surface area contributed by atoms with E-state index in [4.69, 9.17) is 5.11 Å². The van der Waals surface area contributed by atoms with Crippen molar-refractivity contribution in [1.82, 2.24) is 20.4 Å². The predicted octanol–water partition coefficient (Wildman–Crippen LogP) is 0.645. The molecule has 1 fully saturated rings. The summed E-state index contributed by atoms with van der Waals surface area (Å²) in [6.45, 7) is 0.579. The summed E-state index contributed by atoms with van der Waals surface area (Å²) in [4.78, 5) is 22.8. The number of carboxylic acids is 1. The summed E-state index contributed by atoms with van der Waals surface area (Å²) in [5.41, 5.74) is 0.451. The average Bonchev–Trinajstić information content (AvgIpc) is 3.07. The number of carboxylic acid groups (broad SMARTS) is 1. The molecule has 0 aromatic carbocycles. The van der Waals surface area contributed by atoms with E-state index in [1.54, 1.807) is 13.2 Å². The smallest absolute Gasteiger partial charge is 0.331 e. The fourth-order valence-corrected chi connectivity index (χ4v) is 1.86. The lowest BCUT2D eigenvalue weighted by Crippen LogP contribution is -2.41. The number of hydrogen-bond donors (Lipinski definition) is 3. The highest BCUT2D eigenvalue weighted by molar-refractivity contribution is 5.83. The fourth-order valence-electron chi connectivity index (χ4n) is 1.86. The van der Waals surface area contributed by atoms with E-state index in [-0.39, 0.29) is 0 Å². The molecular formula is C12H18N4O3. The van der Waals surface area contributed by atoms with Crippen LogP contribution >= 0.6 is 0 Å². The maximum Gasteiger partial charge on any atom is 0.331 e. The van der Waals surface area contributed by atoms with Crippen LogP contribution in [0, 0.1) is 5.92 Å². The summed E-state index contributed by atoms with van der Waals surface area (Å²) >= 11 is 0. The Labute approximate surface area is 111 Å². The van der Waals surface area contributed by atoms with Crippen molar-refractivity contribution in [3.05, 3.63) is 18.0 Å². The summed E-state index contributed by atoms with van der Waals surface area (Å²) in [5.74, 6) is -0.376. The second-order valence-electron chi connectivity index (χ2n) is 4.85. The molecule has 2 rings (SSSR count). The number of nitrogens with one attached hydrogen (secondary N) is 2. The summed E-state index contributed by atoms with van der Waals surface area (Å²) in [6.07, 6.45) is 6.43. The number of aliphatic carboxylic acids is 1. The van der Waals surface area contributed by atoms with Crippen LogP contribution in [0.1, 0.15) is 30.9 Å². The van der Waals surface area contributed by atoms with E-state index in [1.807, 2.05) is 0 Å². The van der Waals surface area contributed by atoms with E-state index >= 15 is 0 Å². The van der Waals surface area contributed by atoms with Gasteiger partial charge in [0.05, 0.1) is 6.20 Å². The molecule has 1 aliphatic rings. The number of aromatic nitrogens is 2. The van der Waals surface area contributed by atoms with Gasteiger partial charge in [-0.3, -0.25) is 4.68 Å². The Morgan fingerprint density at radius 2 is 2.32 bits per heavy atom. The first-order valence-electron chi connectivity index (χ1n) is 6.32. The van der Waals surface area contributed by atoms with Gasteiger partial charge in [0, 0.05) is 25.4 Å². The zero-order valence-corrected chi connectivity index (χ0v) is 10.8. The number of amides is 2. The number of hydrogen-bond acceptors (Lipinski definition) is 3. The lowest BCUT2D eigenvalue weighted by molar-refractivity contribution is -0.139. The number of nitrogens with zero attached hydrogens (tertiary/aromatic N) is 2. The van der Waals surface area contributed by atoms with Gasteiger partial charge in [-0.1, -0.05) is 12.8 Å². The van der Waals surface area contributed by atoms with Gasteiger partial charge in [0.1, 0.15) is 0 Å². The highest BCUT2D eigenvalue weighted by Gasteiger charge is 2.24. The van der Waals surface area contributed by atoms with Gasteiger partial charge in [-0.15, -0.1) is 0 Å².